The SMILES string of the molecule is CC(CCCC(C)C(=O)O)COC(=O)C1CCCCC1C(=O)O. The van der Waals surface area contributed by atoms with Gasteiger partial charge < -0.3 is 14.9 Å². The van der Waals surface area contributed by atoms with E-state index in [9.17, 15) is 19.5 Å². The molecule has 6 nitrogen and oxygen atoms in total. The molecule has 1 aliphatic carbocycles. The van der Waals surface area contributed by atoms with Crippen molar-refractivity contribution in [1.29, 1.82) is 0 Å². The lowest BCUT2D eigenvalue weighted by atomic mass is 9.79. The van der Waals surface area contributed by atoms with Crippen molar-refractivity contribution in [3.63, 3.8) is 0 Å². The van der Waals surface area contributed by atoms with Gasteiger partial charge in [0.2, 0.25) is 0 Å². The van der Waals surface area contributed by atoms with Crippen LogP contribution in [0.1, 0.15) is 58.8 Å². The van der Waals surface area contributed by atoms with E-state index in [2.05, 4.69) is 0 Å². The van der Waals surface area contributed by atoms with Crippen molar-refractivity contribution in [3.05, 3.63) is 0 Å². The van der Waals surface area contributed by atoms with Crippen LogP contribution in [0.25, 0.3) is 0 Å². The Labute approximate surface area is 137 Å². The molecule has 0 spiro atoms. The summed E-state index contributed by atoms with van der Waals surface area (Å²) in [5.41, 5.74) is 0. The largest absolute Gasteiger partial charge is 0.481 e. The molecule has 0 aliphatic heterocycles. The van der Waals surface area contributed by atoms with E-state index in [1.807, 2.05) is 6.92 Å². The molecule has 4 atom stereocenters. The van der Waals surface area contributed by atoms with E-state index in [-0.39, 0.29) is 18.4 Å². The fourth-order valence-corrected chi connectivity index (χ4v) is 3.02. The van der Waals surface area contributed by atoms with E-state index in [0.717, 1.165) is 25.7 Å². The van der Waals surface area contributed by atoms with E-state index in [0.29, 0.717) is 19.3 Å². The van der Waals surface area contributed by atoms with Gasteiger partial charge >= 0.3 is 17.9 Å². The van der Waals surface area contributed by atoms with Gasteiger partial charge in [0.05, 0.1) is 24.4 Å². The molecule has 0 aromatic carbocycles. The Morgan fingerprint density at radius 2 is 1.65 bits per heavy atom. The van der Waals surface area contributed by atoms with Gasteiger partial charge in [-0.3, -0.25) is 14.4 Å². The minimum atomic E-state index is -0.914. The smallest absolute Gasteiger partial charge is 0.309 e. The number of rotatable bonds is 9. The first-order valence-corrected chi connectivity index (χ1v) is 8.45. The number of carbonyl (C=O) groups excluding carboxylic acids is 1. The highest BCUT2D eigenvalue weighted by Crippen LogP contribution is 2.31. The first-order valence-electron chi connectivity index (χ1n) is 8.45. The van der Waals surface area contributed by atoms with E-state index in [4.69, 9.17) is 9.84 Å². The molecule has 1 rings (SSSR count). The lowest BCUT2D eigenvalue weighted by Crippen LogP contribution is -2.34. The fraction of sp³-hybridized carbons (Fsp3) is 0.824. The molecule has 0 aromatic rings. The lowest BCUT2D eigenvalue weighted by Gasteiger charge is -2.27. The molecule has 0 bridgehead atoms. The summed E-state index contributed by atoms with van der Waals surface area (Å²) in [4.78, 5) is 34.1. The third kappa shape index (κ3) is 6.59. The van der Waals surface area contributed by atoms with Gasteiger partial charge in [0.25, 0.3) is 0 Å². The second-order valence-electron chi connectivity index (χ2n) is 6.74. The van der Waals surface area contributed by atoms with Crippen LogP contribution < -0.4 is 0 Å². The van der Waals surface area contributed by atoms with Crippen molar-refractivity contribution in [2.75, 3.05) is 6.61 Å². The van der Waals surface area contributed by atoms with Crippen molar-refractivity contribution >= 4 is 17.9 Å². The van der Waals surface area contributed by atoms with Gasteiger partial charge in [-0.05, 0) is 31.6 Å². The van der Waals surface area contributed by atoms with Crippen LogP contribution >= 0.6 is 0 Å². The van der Waals surface area contributed by atoms with Crippen molar-refractivity contribution in [1.82, 2.24) is 0 Å². The van der Waals surface area contributed by atoms with Crippen LogP contribution in [0.4, 0.5) is 0 Å². The van der Waals surface area contributed by atoms with Crippen LogP contribution in [-0.2, 0) is 19.1 Å². The van der Waals surface area contributed by atoms with Gasteiger partial charge in [-0.25, -0.2) is 0 Å². The quantitative estimate of drug-likeness (QED) is 0.631. The Morgan fingerprint density at radius 3 is 2.22 bits per heavy atom. The van der Waals surface area contributed by atoms with Gasteiger partial charge in [-0.1, -0.05) is 33.1 Å². The van der Waals surface area contributed by atoms with Gasteiger partial charge in [0.15, 0.2) is 0 Å². The summed E-state index contributed by atoms with van der Waals surface area (Å²) in [6, 6.07) is 0. The fourth-order valence-electron chi connectivity index (χ4n) is 3.02. The molecule has 1 saturated carbocycles. The third-order valence-electron chi connectivity index (χ3n) is 4.65. The molecule has 1 fully saturated rings. The topological polar surface area (TPSA) is 101 Å². The average Bonchev–Trinajstić information content (AvgIpc) is 2.52. The van der Waals surface area contributed by atoms with Crippen LogP contribution in [0.3, 0.4) is 0 Å². The Kier molecular flexibility index (Phi) is 8.06. The zero-order valence-corrected chi connectivity index (χ0v) is 14.0. The molecular weight excluding hydrogens is 300 g/mol. The normalized spacial score (nSPS) is 23.7. The number of hydrogen-bond donors (Lipinski definition) is 2. The van der Waals surface area contributed by atoms with Gasteiger partial charge in [0, 0.05) is 0 Å². The lowest BCUT2D eigenvalue weighted by molar-refractivity contribution is -0.160. The van der Waals surface area contributed by atoms with Crippen molar-refractivity contribution in [2.45, 2.75) is 58.8 Å². The van der Waals surface area contributed by atoms with E-state index in [1.54, 1.807) is 6.92 Å². The van der Waals surface area contributed by atoms with Crippen LogP contribution in [0.5, 0.6) is 0 Å². The Balaban J connectivity index is 2.31. The zero-order valence-electron chi connectivity index (χ0n) is 14.0. The molecule has 1 aliphatic rings. The Bertz CT molecular complexity index is 419. The predicted molar refractivity (Wildman–Crippen MR) is 83.9 cm³/mol. The second-order valence-corrected chi connectivity index (χ2v) is 6.74. The van der Waals surface area contributed by atoms with E-state index in [1.165, 1.54) is 0 Å². The van der Waals surface area contributed by atoms with E-state index < -0.39 is 29.7 Å². The van der Waals surface area contributed by atoms with Gasteiger partial charge in [-0.2, -0.15) is 0 Å². The number of aliphatic carboxylic acids is 2. The summed E-state index contributed by atoms with van der Waals surface area (Å²) in [7, 11) is 0. The molecule has 0 radical (unpaired) electrons. The maximum Gasteiger partial charge on any atom is 0.309 e. The number of esters is 1. The number of carbonyl (C=O) groups is 3. The maximum atomic E-state index is 12.1. The first-order chi connectivity index (χ1) is 10.8. The number of carboxylic acid groups (broad SMARTS) is 2. The number of ether oxygens (including phenoxy) is 1. The summed E-state index contributed by atoms with van der Waals surface area (Å²) < 4.78 is 5.31. The van der Waals surface area contributed by atoms with Crippen LogP contribution in [-0.4, -0.2) is 34.7 Å². The Morgan fingerprint density at radius 1 is 1.04 bits per heavy atom. The molecule has 6 heteroatoms. The monoisotopic (exact) mass is 328 g/mol. The summed E-state index contributed by atoms with van der Waals surface area (Å²) in [6.07, 6.45) is 5.01. The van der Waals surface area contributed by atoms with Crippen molar-refractivity contribution < 1.29 is 29.3 Å². The number of hydrogen-bond acceptors (Lipinski definition) is 4. The summed E-state index contributed by atoms with van der Waals surface area (Å²) in [5.74, 6) is -3.47. The van der Waals surface area contributed by atoms with Crippen LogP contribution in [0.2, 0.25) is 0 Å². The molecule has 23 heavy (non-hydrogen) atoms. The van der Waals surface area contributed by atoms with Crippen LogP contribution in [0.15, 0.2) is 0 Å². The second kappa shape index (κ2) is 9.53. The van der Waals surface area contributed by atoms with Crippen molar-refractivity contribution in [2.24, 2.45) is 23.7 Å². The Hall–Kier alpha value is -1.59. The molecule has 2 N–H and O–H groups in total. The summed E-state index contributed by atoms with van der Waals surface area (Å²) >= 11 is 0. The maximum absolute atomic E-state index is 12.1. The highest BCUT2D eigenvalue weighted by atomic mass is 16.5. The molecule has 132 valence electrons. The standard InChI is InChI=1S/C17H28O6/c1-11(6-5-7-12(2)15(18)19)10-23-17(22)14-9-4-3-8-13(14)16(20)21/h11-14H,3-10H2,1-2H3,(H,18,19)(H,20,21). The van der Waals surface area contributed by atoms with E-state index >= 15 is 0 Å². The molecule has 0 heterocycles. The minimum Gasteiger partial charge on any atom is -0.481 e. The molecular formula is C17H28O6. The minimum absolute atomic E-state index is 0.145. The molecule has 0 saturated heterocycles. The molecule has 4 unspecified atom stereocenters. The zero-order chi connectivity index (χ0) is 17.4. The number of carboxylic acids is 2. The predicted octanol–water partition coefficient (Wildman–Crippen LogP) is 2.95. The van der Waals surface area contributed by atoms with Gasteiger partial charge in [0.1, 0.15) is 0 Å². The van der Waals surface area contributed by atoms with Crippen molar-refractivity contribution in [3.8, 4) is 0 Å². The third-order valence-corrected chi connectivity index (χ3v) is 4.65. The van der Waals surface area contributed by atoms with Gasteiger partial charge in [-0.15, -0.1) is 0 Å². The first kappa shape index (κ1) is 19.5. The van der Waals surface area contributed by atoms with Crippen LogP contribution in [0, 0.1) is 23.7 Å². The average molecular weight is 328 g/mol. The highest BCUT2D eigenvalue weighted by molar-refractivity contribution is 5.81. The molecule has 0 amide bonds. The summed E-state index contributed by atoms with van der Waals surface area (Å²) in [5, 5.41) is 18.0. The highest BCUT2D eigenvalue weighted by Gasteiger charge is 2.36. The summed E-state index contributed by atoms with van der Waals surface area (Å²) in [6.45, 7) is 3.90. The molecule has 0 aromatic heterocycles.